The van der Waals surface area contributed by atoms with Crippen LogP contribution in [0.25, 0.3) is 0 Å². The number of rotatable bonds is 5. The molecule has 0 saturated heterocycles. The zero-order chi connectivity index (χ0) is 16.1. The van der Waals surface area contributed by atoms with Crippen LogP contribution in [0.4, 0.5) is 0 Å². The van der Waals surface area contributed by atoms with Crippen molar-refractivity contribution in [1.29, 1.82) is 0 Å². The highest BCUT2D eigenvalue weighted by Gasteiger charge is 2.19. The van der Waals surface area contributed by atoms with Gasteiger partial charge in [0.05, 0.1) is 14.2 Å². The number of methoxy groups -OCH3 is 2. The highest BCUT2D eigenvalue weighted by atomic mass is 16.5. The third-order valence-electron chi connectivity index (χ3n) is 3.03. The van der Waals surface area contributed by atoms with E-state index in [0.29, 0.717) is 28.4 Å². The van der Waals surface area contributed by atoms with E-state index in [1.807, 2.05) is 0 Å². The molecule has 0 bridgehead atoms. The number of hydrogen-bond donors (Lipinski definition) is 0. The first-order valence-corrected chi connectivity index (χ1v) is 6.61. The van der Waals surface area contributed by atoms with Crippen molar-refractivity contribution in [3.63, 3.8) is 0 Å². The monoisotopic (exact) mass is 300 g/mol. The van der Waals surface area contributed by atoms with E-state index < -0.39 is 5.97 Å². The zero-order valence-corrected chi connectivity index (χ0v) is 12.6. The first-order chi connectivity index (χ1) is 10.6. The molecular weight excluding hydrogens is 284 g/mol. The molecule has 2 aromatic carbocycles. The van der Waals surface area contributed by atoms with Gasteiger partial charge in [-0.05, 0) is 36.4 Å². The van der Waals surface area contributed by atoms with E-state index in [-0.39, 0.29) is 5.78 Å². The van der Waals surface area contributed by atoms with Crippen molar-refractivity contribution < 1.29 is 23.8 Å². The van der Waals surface area contributed by atoms with Gasteiger partial charge in [0.1, 0.15) is 22.8 Å². The van der Waals surface area contributed by atoms with Crippen LogP contribution >= 0.6 is 0 Å². The summed E-state index contributed by atoms with van der Waals surface area (Å²) in [6.45, 7) is 1.32. The predicted octanol–water partition coefficient (Wildman–Crippen LogP) is 2.86. The lowest BCUT2D eigenvalue weighted by Gasteiger charge is -2.12. The lowest BCUT2D eigenvalue weighted by Crippen LogP contribution is -2.07. The normalized spacial score (nSPS) is 9.95. The van der Waals surface area contributed by atoms with Crippen molar-refractivity contribution in [3.8, 4) is 17.2 Å². The van der Waals surface area contributed by atoms with Crippen molar-refractivity contribution in [2.75, 3.05) is 14.2 Å². The molecule has 0 aliphatic heterocycles. The average molecular weight is 300 g/mol. The Balaban J connectivity index is 2.38. The van der Waals surface area contributed by atoms with E-state index in [2.05, 4.69) is 0 Å². The molecule has 5 heteroatoms. The Bertz CT molecular complexity index is 666. The van der Waals surface area contributed by atoms with Crippen LogP contribution in [0.2, 0.25) is 0 Å². The minimum absolute atomic E-state index is 0.233. The zero-order valence-electron chi connectivity index (χ0n) is 12.6. The number of carbonyl (C=O) groups is 2. The summed E-state index contributed by atoms with van der Waals surface area (Å²) in [6, 6.07) is 11.5. The summed E-state index contributed by atoms with van der Waals surface area (Å²) in [5, 5.41) is 0. The van der Waals surface area contributed by atoms with Gasteiger partial charge < -0.3 is 14.2 Å². The third kappa shape index (κ3) is 3.25. The van der Waals surface area contributed by atoms with Crippen molar-refractivity contribution in [3.05, 3.63) is 53.6 Å². The Hall–Kier alpha value is -2.82. The summed E-state index contributed by atoms with van der Waals surface area (Å²) in [5.41, 5.74) is 0.798. The van der Waals surface area contributed by atoms with Gasteiger partial charge in [-0.15, -0.1) is 0 Å². The summed E-state index contributed by atoms with van der Waals surface area (Å²) in [4.78, 5) is 23.6. The van der Waals surface area contributed by atoms with Crippen molar-refractivity contribution in [2.45, 2.75) is 6.92 Å². The summed E-state index contributed by atoms with van der Waals surface area (Å²) in [6.07, 6.45) is 0. The molecule has 22 heavy (non-hydrogen) atoms. The third-order valence-corrected chi connectivity index (χ3v) is 3.03. The van der Waals surface area contributed by atoms with E-state index >= 15 is 0 Å². The molecular formula is C17H16O5. The van der Waals surface area contributed by atoms with E-state index in [1.165, 1.54) is 21.1 Å². The summed E-state index contributed by atoms with van der Waals surface area (Å²) in [5.74, 6) is 0.618. The molecule has 0 saturated carbocycles. The lowest BCUT2D eigenvalue weighted by molar-refractivity contribution is -0.131. The highest BCUT2D eigenvalue weighted by molar-refractivity contribution is 6.12. The average Bonchev–Trinajstić information content (AvgIpc) is 2.53. The molecule has 0 spiro atoms. The standard InChI is InChI=1S/C17H16O5/c1-11(18)22-13-9-7-12(8-10-13)17(19)16-14(20-2)5-4-6-15(16)21-3/h4-10H,1-3H3. The van der Waals surface area contributed by atoms with Crippen LogP contribution in [0, 0.1) is 0 Å². The van der Waals surface area contributed by atoms with E-state index in [1.54, 1.807) is 42.5 Å². The van der Waals surface area contributed by atoms with Crippen molar-refractivity contribution in [1.82, 2.24) is 0 Å². The molecule has 0 aliphatic carbocycles. The molecule has 2 rings (SSSR count). The molecule has 2 aromatic rings. The number of hydrogen-bond acceptors (Lipinski definition) is 5. The van der Waals surface area contributed by atoms with Crippen LogP contribution in [0.5, 0.6) is 17.2 Å². The topological polar surface area (TPSA) is 61.8 Å². The van der Waals surface area contributed by atoms with E-state index in [0.717, 1.165) is 0 Å². The van der Waals surface area contributed by atoms with Crippen LogP contribution < -0.4 is 14.2 Å². The second-order valence-electron chi connectivity index (χ2n) is 4.48. The first-order valence-electron chi connectivity index (χ1n) is 6.61. The number of ketones is 1. The maximum Gasteiger partial charge on any atom is 0.308 e. The maximum absolute atomic E-state index is 12.7. The van der Waals surface area contributed by atoms with Crippen LogP contribution in [0.3, 0.4) is 0 Å². The van der Waals surface area contributed by atoms with Gasteiger partial charge in [-0.3, -0.25) is 9.59 Å². The van der Waals surface area contributed by atoms with Gasteiger partial charge in [0, 0.05) is 12.5 Å². The summed E-state index contributed by atoms with van der Waals surface area (Å²) >= 11 is 0. The van der Waals surface area contributed by atoms with Crippen LogP contribution in [-0.2, 0) is 4.79 Å². The number of carbonyl (C=O) groups excluding carboxylic acids is 2. The molecule has 0 fully saturated rings. The molecule has 0 heterocycles. The van der Waals surface area contributed by atoms with E-state index in [4.69, 9.17) is 14.2 Å². The van der Waals surface area contributed by atoms with Gasteiger partial charge in [-0.1, -0.05) is 6.07 Å². The summed E-state index contributed by atoms with van der Waals surface area (Å²) < 4.78 is 15.4. The van der Waals surface area contributed by atoms with Crippen LogP contribution in [-0.4, -0.2) is 26.0 Å². The van der Waals surface area contributed by atoms with Crippen molar-refractivity contribution in [2.24, 2.45) is 0 Å². The molecule has 0 aliphatic rings. The van der Waals surface area contributed by atoms with Crippen LogP contribution in [0.15, 0.2) is 42.5 Å². The van der Waals surface area contributed by atoms with Crippen LogP contribution in [0.1, 0.15) is 22.8 Å². The minimum Gasteiger partial charge on any atom is -0.496 e. The SMILES string of the molecule is COc1cccc(OC)c1C(=O)c1ccc(OC(C)=O)cc1. The van der Waals surface area contributed by atoms with E-state index in [9.17, 15) is 9.59 Å². The smallest absolute Gasteiger partial charge is 0.308 e. The van der Waals surface area contributed by atoms with Gasteiger partial charge >= 0.3 is 5.97 Å². The molecule has 0 radical (unpaired) electrons. The van der Waals surface area contributed by atoms with Gasteiger partial charge in [-0.25, -0.2) is 0 Å². The molecule has 0 amide bonds. The Labute approximate surface area is 128 Å². The lowest BCUT2D eigenvalue weighted by atomic mass is 10.0. The Morgan fingerprint density at radius 1 is 0.864 bits per heavy atom. The molecule has 114 valence electrons. The number of benzene rings is 2. The Morgan fingerprint density at radius 3 is 1.86 bits per heavy atom. The van der Waals surface area contributed by atoms with Gasteiger partial charge in [-0.2, -0.15) is 0 Å². The fourth-order valence-electron chi connectivity index (χ4n) is 2.06. The predicted molar refractivity (Wildman–Crippen MR) is 80.7 cm³/mol. The second kappa shape index (κ2) is 6.76. The minimum atomic E-state index is -0.412. The largest absolute Gasteiger partial charge is 0.496 e. The fraction of sp³-hybridized carbons (Fsp3) is 0.176. The number of esters is 1. The first kappa shape index (κ1) is 15.6. The molecule has 0 atom stereocenters. The van der Waals surface area contributed by atoms with Gasteiger partial charge in [0.2, 0.25) is 5.78 Å². The maximum atomic E-state index is 12.7. The molecule has 0 aromatic heterocycles. The Morgan fingerprint density at radius 2 is 1.41 bits per heavy atom. The summed E-state index contributed by atoms with van der Waals surface area (Å²) in [7, 11) is 2.99. The molecule has 5 nitrogen and oxygen atoms in total. The fourth-order valence-corrected chi connectivity index (χ4v) is 2.06. The Kier molecular flexibility index (Phi) is 4.78. The highest BCUT2D eigenvalue weighted by Crippen LogP contribution is 2.30. The van der Waals surface area contributed by atoms with Gasteiger partial charge in [0.15, 0.2) is 0 Å². The molecule has 0 N–H and O–H groups in total. The second-order valence-corrected chi connectivity index (χ2v) is 4.48. The number of ether oxygens (including phenoxy) is 3. The van der Waals surface area contributed by atoms with Gasteiger partial charge in [0.25, 0.3) is 0 Å². The quantitative estimate of drug-likeness (QED) is 0.483. The molecule has 0 unspecified atom stereocenters. The van der Waals surface area contributed by atoms with Crippen molar-refractivity contribution >= 4 is 11.8 Å².